The molecule has 0 aromatic heterocycles. The van der Waals surface area contributed by atoms with Gasteiger partial charge in [0.25, 0.3) is 5.91 Å². The van der Waals surface area contributed by atoms with Crippen molar-refractivity contribution in [1.82, 2.24) is 5.32 Å². The lowest BCUT2D eigenvalue weighted by molar-refractivity contribution is 0.0942. The van der Waals surface area contributed by atoms with Gasteiger partial charge < -0.3 is 5.32 Å². The molecule has 2 nitrogen and oxygen atoms in total. The Bertz CT molecular complexity index is 420. The Kier molecular flexibility index (Phi) is 6.99. The van der Waals surface area contributed by atoms with Crippen LogP contribution in [-0.4, -0.2) is 17.8 Å². The summed E-state index contributed by atoms with van der Waals surface area (Å²) < 4.78 is 26.2. The summed E-state index contributed by atoms with van der Waals surface area (Å²) in [6.45, 7) is 2.60. The molecule has 0 spiro atoms. The number of nitrogens with one attached hydrogen (secondary N) is 1. The largest absolute Gasteiger partial charge is 0.352 e. The van der Waals surface area contributed by atoms with Crippen LogP contribution in [0.25, 0.3) is 0 Å². The monoisotopic (exact) mass is 333 g/mol. The molecule has 1 amide bonds. The highest BCUT2D eigenvalue weighted by Gasteiger charge is 2.14. The number of rotatable bonds is 7. The quantitative estimate of drug-likeness (QED) is 0.753. The number of halogens is 3. The molecule has 0 aliphatic heterocycles. The first-order chi connectivity index (χ1) is 9.08. The number of hydrogen-bond donors (Lipinski definition) is 1. The lowest BCUT2D eigenvalue weighted by Gasteiger charge is -2.15. The van der Waals surface area contributed by atoms with Gasteiger partial charge in [-0.15, -0.1) is 0 Å². The van der Waals surface area contributed by atoms with E-state index in [0.29, 0.717) is 12.5 Å². The second-order valence-electron chi connectivity index (χ2n) is 4.47. The molecular weight excluding hydrogens is 316 g/mol. The maximum absolute atomic E-state index is 13.4. The van der Waals surface area contributed by atoms with E-state index in [2.05, 4.69) is 28.2 Å². The molecule has 0 aliphatic carbocycles. The number of amides is 1. The Morgan fingerprint density at radius 3 is 2.68 bits per heavy atom. The molecule has 1 rings (SSSR count). The van der Waals surface area contributed by atoms with E-state index in [0.717, 1.165) is 36.7 Å². The molecule has 0 fully saturated rings. The summed E-state index contributed by atoms with van der Waals surface area (Å²) in [5.74, 6) is -1.63. The van der Waals surface area contributed by atoms with Crippen LogP contribution in [0.3, 0.4) is 0 Å². The van der Waals surface area contributed by atoms with Crippen LogP contribution >= 0.6 is 15.9 Å². The third-order valence-electron chi connectivity index (χ3n) is 2.94. The fourth-order valence-corrected chi connectivity index (χ4v) is 2.56. The number of alkyl halides is 1. The molecule has 0 saturated heterocycles. The van der Waals surface area contributed by atoms with Gasteiger partial charge in [0.2, 0.25) is 0 Å². The Hall–Kier alpha value is -0.970. The Morgan fingerprint density at radius 2 is 2.11 bits per heavy atom. The van der Waals surface area contributed by atoms with E-state index >= 15 is 0 Å². The van der Waals surface area contributed by atoms with Crippen molar-refractivity contribution in [2.45, 2.75) is 26.2 Å². The van der Waals surface area contributed by atoms with Crippen LogP contribution in [0.2, 0.25) is 0 Å². The summed E-state index contributed by atoms with van der Waals surface area (Å²) in [6, 6.07) is 2.97. The normalized spacial score (nSPS) is 12.2. The molecule has 106 valence electrons. The first-order valence-corrected chi connectivity index (χ1v) is 7.49. The smallest absolute Gasteiger partial charge is 0.254 e. The number of carbonyl (C=O) groups is 1. The van der Waals surface area contributed by atoms with Gasteiger partial charge in [0.15, 0.2) is 0 Å². The van der Waals surface area contributed by atoms with Crippen molar-refractivity contribution in [3.63, 3.8) is 0 Å². The summed E-state index contributed by atoms with van der Waals surface area (Å²) in [7, 11) is 0. The van der Waals surface area contributed by atoms with Crippen molar-refractivity contribution in [3.05, 3.63) is 35.4 Å². The van der Waals surface area contributed by atoms with Crippen molar-refractivity contribution in [3.8, 4) is 0 Å². The van der Waals surface area contributed by atoms with Crippen LogP contribution in [0, 0.1) is 17.6 Å². The SMILES string of the molecule is CCCC(CCBr)CNC(=O)c1ccc(F)cc1F. The predicted molar refractivity (Wildman–Crippen MR) is 75.5 cm³/mol. The first kappa shape index (κ1) is 16.1. The van der Waals surface area contributed by atoms with E-state index < -0.39 is 17.5 Å². The predicted octanol–water partition coefficient (Wildman–Crippen LogP) is 3.90. The lowest BCUT2D eigenvalue weighted by atomic mass is 10.0. The maximum Gasteiger partial charge on any atom is 0.254 e. The maximum atomic E-state index is 13.4. The van der Waals surface area contributed by atoms with Crippen LogP contribution in [0.5, 0.6) is 0 Å². The lowest BCUT2D eigenvalue weighted by Crippen LogP contribution is -2.30. The molecule has 1 N–H and O–H groups in total. The first-order valence-electron chi connectivity index (χ1n) is 6.37. The van der Waals surface area contributed by atoms with Gasteiger partial charge in [-0.1, -0.05) is 29.3 Å². The van der Waals surface area contributed by atoms with Gasteiger partial charge in [-0.05, 0) is 30.9 Å². The van der Waals surface area contributed by atoms with Crippen LogP contribution in [0.15, 0.2) is 18.2 Å². The Balaban J connectivity index is 2.58. The Labute approximate surface area is 120 Å². The summed E-state index contributed by atoms with van der Waals surface area (Å²) in [5, 5.41) is 3.58. The summed E-state index contributed by atoms with van der Waals surface area (Å²) in [6.07, 6.45) is 3.01. The molecule has 0 saturated carbocycles. The van der Waals surface area contributed by atoms with Gasteiger partial charge in [0.05, 0.1) is 5.56 Å². The third-order valence-corrected chi connectivity index (χ3v) is 3.40. The topological polar surface area (TPSA) is 29.1 Å². The molecule has 0 radical (unpaired) electrons. The summed E-state index contributed by atoms with van der Waals surface area (Å²) in [4.78, 5) is 11.8. The van der Waals surface area contributed by atoms with E-state index in [1.165, 1.54) is 6.07 Å². The highest BCUT2D eigenvalue weighted by Crippen LogP contribution is 2.13. The molecule has 5 heteroatoms. The van der Waals surface area contributed by atoms with Crippen molar-refractivity contribution in [1.29, 1.82) is 0 Å². The van der Waals surface area contributed by atoms with Crippen molar-refractivity contribution in [2.75, 3.05) is 11.9 Å². The van der Waals surface area contributed by atoms with E-state index in [4.69, 9.17) is 0 Å². The third kappa shape index (κ3) is 5.27. The number of benzene rings is 1. The Morgan fingerprint density at radius 1 is 1.37 bits per heavy atom. The number of hydrogen-bond acceptors (Lipinski definition) is 1. The zero-order valence-electron chi connectivity index (χ0n) is 10.9. The molecule has 0 heterocycles. The standard InChI is InChI=1S/C14H18BrF2NO/c1-2-3-10(6-7-15)9-18-14(19)12-5-4-11(16)8-13(12)17/h4-5,8,10H,2-3,6-7,9H2,1H3,(H,18,19). The van der Waals surface area contributed by atoms with Crippen LogP contribution in [-0.2, 0) is 0 Å². The highest BCUT2D eigenvalue weighted by molar-refractivity contribution is 9.09. The average Bonchev–Trinajstić information content (AvgIpc) is 2.36. The fourth-order valence-electron chi connectivity index (χ4n) is 1.92. The van der Waals surface area contributed by atoms with Crippen LogP contribution < -0.4 is 5.32 Å². The van der Waals surface area contributed by atoms with E-state index in [1.54, 1.807) is 0 Å². The molecular formula is C14H18BrF2NO. The minimum Gasteiger partial charge on any atom is -0.352 e. The van der Waals surface area contributed by atoms with Gasteiger partial charge in [0, 0.05) is 17.9 Å². The van der Waals surface area contributed by atoms with Crippen molar-refractivity contribution in [2.24, 2.45) is 5.92 Å². The molecule has 1 aromatic rings. The molecule has 1 atom stereocenters. The zero-order valence-corrected chi connectivity index (χ0v) is 12.5. The van der Waals surface area contributed by atoms with E-state index in [-0.39, 0.29) is 5.56 Å². The molecule has 1 aromatic carbocycles. The van der Waals surface area contributed by atoms with E-state index in [1.807, 2.05) is 0 Å². The van der Waals surface area contributed by atoms with Crippen molar-refractivity contribution < 1.29 is 13.6 Å². The highest BCUT2D eigenvalue weighted by atomic mass is 79.9. The fraction of sp³-hybridized carbons (Fsp3) is 0.500. The minimum absolute atomic E-state index is 0.115. The summed E-state index contributed by atoms with van der Waals surface area (Å²) >= 11 is 3.38. The minimum atomic E-state index is -0.829. The van der Waals surface area contributed by atoms with Crippen molar-refractivity contribution >= 4 is 21.8 Å². The molecule has 19 heavy (non-hydrogen) atoms. The summed E-state index contributed by atoms with van der Waals surface area (Å²) in [5.41, 5.74) is -0.115. The van der Waals surface area contributed by atoms with E-state index in [9.17, 15) is 13.6 Å². The molecule has 1 unspecified atom stereocenters. The van der Waals surface area contributed by atoms with Gasteiger partial charge in [-0.2, -0.15) is 0 Å². The van der Waals surface area contributed by atoms with Gasteiger partial charge in [0.1, 0.15) is 11.6 Å². The van der Waals surface area contributed by atoms with Gasteiger partial charge in [-0.3, -0.25) is 4.79 Å². The van der Waals surface area contributed by atoms with Crippen LogP contribution in [0.1, 0.15) is 36.5 Å². The van der Waals surface area contributed by atoms with Gasteiger partial charge in [-0.25, -0.2) is 8.78 Å². The number of carbonyl (C=O) groups excluding carboxylic acids is 1. The van der Waals surface area contributed by atoms with Gasteiger partial charge >= 0.3 is 0 Å². The zero-order chi connectivity index (χ0) is 14.3. The second-order valence-corrected chi connectivity index (χ2v) is 5.26. The van der Waals surface area contributed by atoms with Crippen LogP contribution in [0.4, 0.5) is 8.78 Å². The molecule has 0 bridgehead atoms. The average molecular weight is 334 g/mol. The second kappa shape index (κ2) is 8.25. The molecule has 0 aliphatic rings.